The van der Waals surface area contributed by atoms with Gasteiger partial charge in [0.2, 0.25) is 0 Å². The van der Waals surface area contributed by atoms with Crippen LogP contribution in [0.4, 0.5) is 5.69 Å². The predicted molar refractivity (Wildman–Crippen MR) is 71.3 cm³/mol. The standard InChI is InChI=1S/C14H24N2/c1-5-12(4)16(11(2)3)10-13-6-8-14(15)9-7-13/h6-9,11-12H,5,10,15H2,1-4H3. The first-order valence-electron chi connectivity index (χ1n) is 6.14. The second kappa shape index (κ2) is 5.90. The quantitative estimate of drug-likeness (QED) is 0.772. The molecule has 1 atom stereocenters. The van der Waals surface area contributed by atoms with Gasteiger partial charge in [0.05, 0.1) is 0 Å². The van der Waals surface area contributed by atoms with Crippen molar-refractivity contribution in [1.29, 1.82) is 0 Å². The summed E-state index contributed by atoms with van der Waals surface area (Å²) in [5.74, 6) is 0. The fourth-order valence-electron chi connectivity index (χ4n) is 1.92. The molecule has 0 aliphatic rings. The van der Waals surface area contributed by atoms with E-state index in [2.05, 4.69) is 44.7 Å². The lowest BCUT2D eigenvalue weighted by atomic mass is 10.1. The van der Waals surface area contributed by atoms with Gasteiger partial charge in [-0.25, -0.2) is 0 Å². The third-order valence-corrected chi connectivity index (χ3v) is 3.17. The van der Waals surface area contributed by atoms with E-state index in [1.807, 2.05) is 12.1 Å². The molecular weight excluding hydrogens is 196 g/mol. The van der Waals surface area contributed by atoms with Gasteiger partial charge in [0.15, 0.2) is 0 Å². The highest BCUT2D eigenvalue weighted by Gasteiger charge is 2.15. The molecule has 0 aromatic heterocycles. The molecule has 0 heterocycles. The van der Waals surface area contributed by atoms with Crippen LogP contribution in [0.5, 0.6) is 0 Å². The monoisotopic (exact) mass is 220 g/mol. The summed E-state index contributed by atoms with van der Waals surface area (Å²) in [5.41, 5.74) is 7.86. The van der Waals surface area contributed by atoms with Crippen molar-refractivity contribution in [2.24, 2.45) is 0 Å². The Balaban J connectivity index is 2.71. The highest BCUT2D eigenvalue weighted by atomic mass is 15.2. The van der Waals surface area contributed by atoms with E-state index in [9.17, 15) is 0 Å². The maximum Gasteiger partial charge on any atom is 0.0314 e. The molecule has 90 valence electrons. The van der Waals surface area contributed by atoms with Crippen molar-refractivity contribution in [3.05, 3.63) is 29.8 Å². The van der Waals surface area contributed by atoms with Crippen molar-refractivity contribution in [1.82, 2.24) is 4.90 Å². The SMILES string of the molecule is CCC(C)N(Cc1ccc(N)cc1)C(C)C. The van der Waals surface area contributed by atoms with Crippen LogP contribution in [0.1, 0.15) is 39.7 Å². The Morgan fingerprint density at radius 3 is 2.12 bits per heavy atom. The molecule has 16 heavy (non-hydrogen) atoms. The lowest BCUT2D eigenvalue weighted by Crippen LogP contribution is -2.37. The van der Waals surface area contributed by atoms with E-state index in [-0.39, 0.29) is 0 Å². The van der Waals surface area contributed by atoms with Gasteiger partial charge < -0.3 is 5.73 Å². The van der Waals surface area contributed by atoms with Crippen molar-refractivity contribution < 1.29 is 0 Å². The molecule has 1 unspecified atom stereocenters. The Morgan fingerprint density at radius 1 is 1.12 bits per heavy atom. The van der Waals surface area contributed by atoms with Crippen LogP contribution in [-0.2, 0) is 6.54 Å². The second-order valence-corrected chi connectivity index (χ2v) is 4.76. The van der Waals surface area contributed by atoms with E-state index in [0.717, 1.165) is 12.2 Å². The number of rotatable bonds is 5. The van der Waals surface area contributed by atoms with Gasteiger partial charge in [0, 0.05) is 24.3 Å². The van der Waals surface area contributed by atoms with E-state index in [1.54, 1.807) is 0 Å². The minimum atomic E-state index is 0.576. The number of benzene rings is 1. The largest absolute Gasteiger partial charge is 0.399 e. The first-order valence-corrected chi connectivity index (χ1v) is 6.14. The molecule has 0 saturated carbocycles. The number of nitrogen functional groups attached to an aromatic ring is 1. The van der Waals surface area contributed by atoms with Crippen molar-refractivity contribution in [3.63, 3.8) is 0 Å². The van der Waals surface area contributed by atoms with Crippen LogP contribution < -0.4 is 5.73 Å². The smallest absolute Gasteiger partial charge is 0.0314 e. The Morgan fingerprint density at radius 2 is 1.69 bits per heavy atom. The third kappa shape index (κ3) is 3.53. The molecule has 2 N–H and O–H groups in total. The van der Waals surface area contributed by atoms with E-state index >= 15 is 0 Å². The average Bonchev–Trinajstić information content (AvgIpc) is 2.27. The molecule has 1 aromatic rings. The van der Waals surface area contributed by atoms with Crippen LogP contribution in [0.15, 0.2) is 24.3 Å². The number of hydrogen-bond acceptors (Lipinski definition) is 2. The minimum Gasteiger partial charge on any atom is -0.399 e. The molecule has 0 bridgehead atoms. The van der Waals surface area contributed by atoms with E-state index < -0.39 is 0 Å². The zero-order valence-corrected chi connectivity index (χ0v) is 10.9. The lowest BCUT2D eigenvalue weighted by molar-refractivity contribution is 0.151. The zero-order valence-electron chi connectivity index (χ0n) is 10.9. The molecule has 2 nitrogen and oxygen atoms in total. The van der Waals surface area contributed by atoms with Gasteiger partial charge >= 0.3 is 0 Å². The van der Waals surface area contributed by atoms with Gasteiger partial charge in [0.25, 0.3) is 0 Å². The van der Waals surface area contributed by atoms with Gasteiger partial charge in [0.1, 0.15) is 0 Å². The van der Waals surface area contributed by atoms with Crippen LogP contribution in [0.25, 0.3) is 0 Å². The highest BCUT2D eigenvalue weighted by Crippen LogP contribution is 2.15. The van der Waals surface area contributed by atoms with Crippen LogP contribution in [0, 0.1) is 0 Å². The molecule has 2 heteroatoms. The van der Waals surface area contributed by atoms with Crippen molar-refractivity contribution in [3.8, 4) is 0 Å². The topological polar surface area (TPSA) is 29.3 Å². The summed E-state index contributed by atoms with van der Waals surface area (Å²) in [6.45, 7) is 10.0. The predicted octanol–water partition coefficient (Wildman–Crippen LogP) is 3.28. The van der Waals surface area contributed by atoms with Gasteiger partial charge in [-0.1, -0.05) is 19.1 Å². The van der Waals surface area contributed by atoms with Crippen molar-refractivity contribution in [2.75, 3.05) is 5.73 Å². The van der Waals surface area contributed by atoms with E-state index in [0.29, 0.717) is 12.1 Å². The summed E-state index contributed by atoms with van der Waals surface area (Å²) in [5, 5.41) is 0. The second-order valence-electron chi connectivity index (χ2n) is 4.76. The van der Waals surface area contributed by atoms with Gasteiger partial charge in [-0.05, 0) is 44.9 Å². The fraction of sp³-hybridized carbons (Fsp3) is 0.571. The number of nitrogens with two attached hydrogens (primary N) is 1. The number of hydrogen-bond donors (Lipinski definition) is 1. The number of anilines is 1. The van der Waals surface area contributed by atoms with Crippen molar-refractivity contribution >= 4 is 5.69 Å². The first kappa shape index (κ1) is 13.0. The minimum absolute atomic E-state index is 0.576. The van der Waals surface area contributed by atoms with E-state index in [1.165, 1.54) is 12.0 Å². The fourth-order valence-corrected chi connectivity index (χ4v) is 1.92. The molecule has 1 aromatic carbocycles. The number of nitrogens with zero attached hydrogens (tertiary/aromatic N) is 1. The summed E-state index contributed by atoms with van der Waals surface area (Å²) in [6, 6.07) is 9.39. The molecule has 0 fully saturated rings. The maximum absolute atomic E-state index is 5.69. The molecule has 0 aliphatic carbocycles. The summed E-state index contributed by atoms with van der Waals surface area (Å²) >= 11 is 0. The van der Waals surface area contributed by atoms with Crippen LogP contribution in [0.2, 0.25) is 0 Å². The highest BCUT2D eigenvalue weighted by molar-refractivity contribution is 5.39. The van der Waals surface area contributed by atoms with E-state index in [4.69, 9.17) is 5.73 Å². The first-order chi connectivity index (χ1) is 7.54. The summed E-state index contributed by atoms with van der Waals surface area (Å²) < 4.78 is 0. The van der Waals surface area contributed by atoms with Crippen LogP contribution in [-0.4, -0.2) is 17.0 Å². The lowest BCUT2D eigenvalue weighted by Gasteiger charge is -2.32. The van der Waals surface area contributed by atoms with Crippen molar-refractivity contribution in [2.45, 2.75) is 52.7 Å². The Bertz CT molecular complexity index is 303. The Hall–Kier alpha value is -1.02. The molecular formula is C14H24N2. The molecule has 1 rings (SSSR count). The zero-order chi connectivity index (χ0) is 12.1. The molecule has 0 radical (unpaired) electrons. The Kier molecular flexibility index (Phi) is 4.81. The van der Waals surface area contributed by atoms with Gasteiger partial charge in [-0.15, -0.1) is 0 Å². The van der Waals surface area contributed by atoms with Gasteiger partial charge in [-0.3, -0.25) is 4.90 Å². The molecule has 0 amide bonds. The summed E-state index contributed by atoms with van der Waals surface area (Å²) in [4.78, 5) is 2.52. The molecule has 0 aliphatic heterocycles. The van der Waals surface area contributed by atoms with Gasteiger partial charge in [-0.2, -0.15) is 0 Å². The average molecular weight is 220 g/mol. The van der Waals surface area contributed by atoms with Crippen LogP contribution in [0.3, 0.4) is 0 Å². The summed E-state index contributed by atoms with van der Waals surface area (Å²) in [6.07, 6.45) is 1.19. The molecule has 0 spiro atoms. The molecule has 0 saturated heterocycles. The third-order valence-electron chi connectivity index (χ3n) is 3.17. The maximum atomic E-state index is 5.69. The Labute approximate surface area is 99.5 Å². The summed E-state index contributed by atoms with van der Waals surface area (Å²) in [7, 11) is 0. The van der Waals surface area contributed by atoms with Crippen LogP contribution >= 0.6 is 0 Å². The normalized spacial score (nSPS) is 13.4.